The van der Waals surface area contributed by atoms with Gasteiger partial charge in [-0.1, -0.05) is 17.8 Å². The predicted molar refractivity (Wildman–Crippen MR) is 85.5 cm³/mol. The first-order valence-electron chi connectivity index (χ1n) is 6.74. The molecule has 114 valence electrons. The molecule has 0 atom stereocenters. The third-order valence-corrected chi connectivity index (χ3v) is 4.16. The molecule has 0 spiro atoms. The van der Waals surface area contributed by atoms with E-state index in [1.807, 2.05) is 6.07 Å². The van der Waals surface area contributed by atoms with Crippen molar-refractivity contribution in [2.45, 2.75) is 10.9 Å². The molecule has 4 aromatic heterocycles. The Morgan fingerprint density at radius 1 is 1.22 bits per heavy atom. The quantitative estimate of drug-likeness (QED) is 0.428. The molecule has 9 heteroatoms. The van der Waals surface area contributed by atoms with Gasteiger partial charge in [0.15, 0.2) is 16.3 Å². The minimum absolute atomic E-state index is 0.143. The number of nitrogens with zero attached hydrogens (tertiary/aromatic N) is 4. The third kappa shape index (κ3) is 2.50. The molecule has 0 saturated heterocycles. The van der Waals surface area contributed by atoms with Crippen molar-refractivity contribution < 1.29 is 0 Å². The Bertz CT molecular complexity index is 1130. The Morgan fingerprint density at radius 2 is 2.13 bits per heavy atom. The smallest absolute Gasteiger partial charge is 0.277 e. The van der Waals surface area contributed by atoms with Crippen molar-refractivity contribution in [1.29, 1.82) is 0 Å². The van der Waals surface area contributed by atoms with E-state index in [9.17, 15) is 9.59 Å². The molecule has 0 aliphatic heterocycles. The Kier molecular flexibility index (Phi) is 3.19. The molecule has 0 bridgehead atoms. The van der Waals surface area contributed by atoms with Gasteiger partial charge in [-0.25, -0.2) is 15.0 Å². The molecule has 0 fully saturated rings. The number of aromatic amines is 2. The monoisotopic (exact) mass is 326 g/mol. The van der Waals surface area contributed by atoms with Gasteiger partial charge in [-0.15, -0.1) is 0 Å². The molecule has 4 heterocycles. The van der Waals surface area contributed by atoms with E-state index in [1.54, 1.807) is 18.3 Å². The summed E-state index contributed by atoms with van der Waals surface area (Å²) in [5, 5.41) is 0.435. The number of fused-ring (bicyclic) bond motifs is 2. The number of nitrogens with one attached hydrogen (secondary N) is 2. The highest BCUT2D eigenvalue weighted by atomic mass is 32.2. The van der Waals surface area contributed by atoms with Crippen molar-refractivity contribution in [3.8, 4) is 0 Å². The maximum atomic E-state index is 12.0. The second-order valence-corrected chi connectivity index (χ2v) is 5.74. The molecule has 0 saturated carbocycles. The van der Waals surface area contributed by atoms with Gasteiger partial charge in [0, 0.05) is 18.0 Å². The highest BCUT2D eigenvalue weighted by Crippen LogP contribution is 2.17. The molecule has 8 nitrogen and oxygen atoms in total. The van der Waals surface area contributed by atoms with Gasteiger partial charge < -0.3 is 4.98 Å². The van der Waals surface area contributed by atoms with Crippen molar-refractivity contribution in [2.75, 3.05) is 0 Å². The summed E-state index contributed by atoms with van der Waals surface area (Å²) in [4.78, 5) is 41.9. The number of aromatic nitrogens is 6. The summed E-state index contributed by atoms with van der Waals surface area (Å²) in [7, 11) is 0. The van der Waals surface area contributed by atoms with Gasteiger partial charge in [0.05, 0.1) is 12.0 Å². The van der Waals surface area contributed by atoms with Crippen LogP contribution in [-0.4, -0.2) is 29.3 Å². The van der Waals surface area contributed by atoms with Crippen LogP contribution >= 0.6 is 11.8 Å². The molecule has 0 aromatic carbocycles. The van der Waals surface area contributed by atoms with Gasteiger partial charge in [-0.2, -0.15) is 0 Å². The van der Waals surface area contributed by atoms with Crippen LogP contribution in [0.15, 0.2) is 51.5 Å². The summed E-state index contributed by atoms with van der Waals surface area (Å²) in [6.07, 6.45) is 3.10. The van der Waals surface area contributed by atoms with E-state index in [0.717, 1.165) is 0 Å². The zero-order chi connectivity index (χ0) is 15.8. The largest absolute Gasteiger partial charge is 0.339 e. The molecule has 0 aliphatic rings. The minimum atomic E-state index is -0.276. The third-order valence-electron chi connectivity index (χ3n) is 3.26. The van der Waals surface area contributed by atoms with E-state index in [0.29, 0.717) is 33.4 Å². The fourth-order valence-corrected chi connectivity index (χ4v) is 2.96. The first kappa shape index (κ1) is 13.7. The summed E-state index contributed by atoms with van der Waals surface area (Å²) in [5.74, 6) is 0.416. The Balaban J connectivity index is 1.65. The van der Waals surface area contributed by atoms with E-state index >= 15 is 0 Å². The van der Waals surface area contributed by atoms with E-state index in [4.69, 9.17) is 0 Å². The fourth-order valence-electron chi connectivity index (χ4n) is 2.21. The average Bonchev–Trinajstić information content (AvgIpc) is 3.02. The Hall–Kier alpha value is -2.94. The van der Waals surface area contributed by atoms with Crippen molar-refractivity contribution >= 4 is 28.6 Å². The zero-order valence-corrected chi connectivity index (χ0v) is 12.5. The van der Waals surface area contributed by atoms with E-state index < -0.39 is 0 Å². The summed E-state index contributed by atoms with van der Waals surface area (Å²) in [6, 6.07) is 6.85. The van der Waals surface area contributed by atoms with Gasteiger partial charge in [-0.05, 0) is 12.1 Å². The number of H-pyrrole nitrogens is 2. The van der Waals surface area contributed by atoms with Gasteiger partial charge in [-0.3, -0.25) is 19.0 Å². The van der Waals surface area contributed by atoms with Crippen molar-refractivity contribution in [3.05, 3.63) is 63.2 Å². The van der Waals surface area contributed by atoms with Gasteiger partial charge in [0.25, 0.3) is 11.1 Å². The Labute approximate surface area is 132 Å². The van der Waals surface area contributed by atoms with Crippen molar-refractivity contribution in [1.82, 2.24) is 29.3 Å². The lowest BCUT2D eigenvalue weighted by atomic mass is 10.4. The fraction of sp³-hybridized carbons (Fsp3) is 0.0714. The van der Waals surface area contributed by atoms with Crippen LogP contribution < -0.4 is 11.1 Å². The molecule has 0 unspecified atom stereocenters. The summed E-state index contributed by atoms with van der Waals surface area (Å²) in [6.45, 7) is 0. The molecule has 2 N–H and O–H groups in total. The SMILES string of the molecule is O=c1[nH]c(SCc2cc(=O)n3ccccc3n2)nc2nc[nH]c12. The van der Waals surface area contributed by atoms with Crippen molar-refractivity contribution in [2.24, 2.45) is 0 Å². The van der Waals surface area contributed by atoms with Crippen LogP contribution in [0.3, 0.4) is 0 Å². The first-order chi connectivity index (χ1) is 11.2. The highest BCUT2D eigenvalue weighted by molar-refractivity contribution is 7.98. The average molecular weight is 326 g/mol. The van der Waals surface area contributed by atoms with Gasteiger partial charge >= 0.3 is 0 Å². The van der Waals surface area contributed by atoms with Gasteiger partial charge in [0.2, 0.25) is 0 Å². The molecular formula is C14H10N6O2S. The lowest BCUT2D eigenvalue weighted by Gasteiger charge is -2.03. The molecule has 0 amide bonds. The number of imidazole rings is 1. The van der Waals surface area contributed by atoms with E-state index in [-0.39, 0.29) is 11.1 Å². The van der Waals surface area contributed by atoms with Crippen LogP contribution in [0.25, 0.3) is 16.8 Å². The normalized spacial score (nSPS) is 11.3. The lowest BCUT2D eigenvalue weighted by Crippen LogP contribution is -2.15. The van der Waals surface area contributed by atoms with E-state index in [1.165, 1.54) is 28.6 Å². The highest BCUT2D eigenvalue weighted by Gasteiger charge is 2.08. The van der Waals surface area contributed by atoms with Crippen LogP contribution in [0, 0.1) is 0 Å². The minimum Gasteiger partial charge on any atom is -0.339 e. The van der Waals surface area contributed by atoms with Crippen LogP contribution in [0.5, 0.6) is 0 Å². The second-order valence-electron chi connectivity index (χ2n) is 4.78. The summed E-state index contributed by atoms with van der Waals surface area (Å²) in [5.41, 5.74) is 1.49. The molecule has 0 radical (unpaired) electrons. The molecule has 23 heavy (non-hydrogen) atoms. The topological polar surface area (TPSA) is 109 Å². The standard InChI is InChI=1S/C14H10N6O2S/c21-10-5-8(17-9-3-1-2-4-20(9)10)6-23-14-18-12-11(13(22)19-14)15-7-16-12/h1-5,7H,6H2,(H2,15,16,18,19,22). The molecule has 0 aliphatic carbocycles. The number of hydrogen-bond acceptors (Lipinski definition) is 6. The summed E-state index contributed by atoms with van der Waals surface area (Å²) < 4.78 is 1.48. The Morgan fingerprint density at radius 3 is 3.04 bits per heavy atom. The lowest BCUT2D eigenvalue weighted by molar-refractivity contribution is 0.960. The molecule has 4 rings (SSSR count). The number of pyridine rings is 1. The summed E-state index contributed by atoms with van der Waals surface area (Å²) >= 11 is 1.29. The number of rotatable bonds is 3. The van der Waals surface area contributed by atoms with Crippen molar-refractivity contribution in [3.63, 3.8) is 0 Å². The molecular weight excluding hydrogens is 316 g/mol. The van der Waals surface area contributed by atoms with Crippen LogP contribution in [0.4, 0.5) is 0 Å². The number of thioether (sulfide) groups is 1. The number of hydrogen-bond donors (Lipinski definition) is 2. The first-order valence-corrected chi connectivity index (χ1v) is 7.73. The van der Waals surface area contributed by atoms with Crippen LogP contribution in [0.2, 0.25) is 0 Å². The zero-order valence-electron chi connectivity index (χ0n) is 11.7. The maximum absolute atomic E-state index is 12.0. The van der Waals surface area contributed by atoms with E-state index in [2.05, 4.69) is 24.9 Å². The van der Waals surface area contributed by atoms with Gasteiger partial charge in [0.1, 0.15) is 5.65 Å². The second kappa shape index (κ2) is 5.36. The predicted octanol–water partition coefficient (Wildman–Crippen LogP) is 0.946. The van der Waals surface area contributed by atoms with Crippen LogP contribution in [-0.2, 0) is 5.75 Å². The molecule has 4 aromatic rings. The maximum Gasteiger partial charge on any atom is 0.277 e. The van der Waals surface area contributed by atoms with Crippen LogP contribution in [0.1, 0.15) is 5.69 Å².